The lowest BCUT2D eigenvalue weighted by Gasteiger charge is -2.38. The third-order valence-electron chi connectivity index (χ3n) is 8.05. The highest BCUT2D eigenvalue weighted by Crippen LogP contribution is 2.35. The van der Waals surface area contributed by atoms with Gasteiger partial charge >= 0.3 is 0 Å². The normalized spacial score (nSPS) is 14.1. The van der Waals surface area contributed by atoms with Crippen LogP contribution in [0.5, 0.6) is 5.75 Å². The highest BCUT2D eigenvalue weighted by atomic mass is 19.1. The highest BCUT2D eigenvalue weighted by Gasteiger charge is 2.26. The van der Waals surface area contributed by atoms with E-state index in [9.17, 15) is 9.18 Å². The Labute approximate surface area is 220 Å². The van der Waals surface area contributed by atoms with E-state index in [4.69, 9.17) is 10.5 Å². The van der Waals surface area contributed by atoms with Crippen LogP contribution in [0.15, 0.2) is 48.5 Å². The number of carbonyl (C=O) groups is 1. The largest absolute Gasteiger partial charge is 0.481 e. The number of ether oxygens (including phenoxy) is 1. The van der Waals surface area contributed by atoms with Crippen molar-refractivity contribution in [3.8, 4) is 5.75 Å². The number of benzene rings is 3. The zero-order chi connectivity index (χ0) is 26.7. The van der Waals surface area contributed by atoms with Crippen LogP contribution >= 0.6 is 0 Å². The van der Waals surface area contributed by atoms with Gasteiger partial charge in [-0.2, -0.15) is 0 Å². The molecule has 3 aromatic rings. The summed E-state index contributed by atoms with van der Waals surface area (Å²) in [7, 11) is 1.87. The molecule has 0 atom stereocenters. The molecule has 0 aromatic heterocycles. The van der Waals surface area contributed by atoms with Gasteiger partial charge in [0.1, 0.15) is 11.6 Å². The fourth-order valence-corrected chi connectivity index (χ4v) is 5.11. The molecule has 5 nitrogen and oxygen atoms in total. The maximum Gasteiger partial charge on any atom is 0.260 e. The molecule has 0 aliphatic carbocycles. The standard InChI is InChI=1S/C31H38FN3O2/c1-20-21(2)23(4)31(30(33)22(20)3)37-19-29(36)34(5)27-14-16-35(17-15-27)28-12-8-25(9-13-28)18-24-6-10-26(32)11-7-24/h6-13,27H,14-19,33H2,1-5H3. The lowest BCUT2D eigenvalue weighted by Crippen LogP contribution is -2.47. The van der Waals surface area contributed by atoms with E-state index in [-0.39, 0.29) is 24.4 Å². The van der Waals surface area contributed by atoms with Crippen LogP contribution in [-0.4, -0.2) is 43.6 Å². The van der Waals surface area contributed by atoms with Crippen molar-refractivity contribution in [2.45, 2.75) is 53.0 Å². The summed E-state index contributed by atoms with van der Waals surface area (Å²) in [4.78, 5) is 17.2. The van der Waals surface area contributed by atoms with Gasteiger partial charge in [-0.15, -0.1) is 0 Å². The van der Waals surface area contributed by atoms with Gasteiger partial charge in [0.2, 0.25) is 0 Å². The average molecular weight is 504 g/mol. The van der Waals surface area contributed by atoms with Crippen LogP contribution in [0.3, 0.4) is 0 Å². The summed E-state index contributed by atoms with van der Waals surface area (Å²) in [6.07, 6.45) is 2.59. The number of halogens is 1. The predicted octanol–water partition coefficient (Wildman–Crippen LogP) is 5.74. The molecular weight excluding hydrogens is 465 g/mol. The first kappa shape index (κ1) is 26.5. The molecule has 0 spiro atoms. The minimum atomic E-state index is -0.210. The van der Waals surface area contributed by atoms with Gasteiger partial charge in [-0.25, -0.2) is 4.39 Å². The molecule has 0 unspecified atom stereocenters. The molecule has 196 valence electrons. The lowest BCUT2D eigenvalue weighted by molar-refractivity contribution is -0.134. The number of likely N-dealkylation sites (N-methyl/N-ethyl adjacent to an activating group) is 1. The summed E-state index contributed by atoms with van der Waals surface area (Å²) in [5, 5.41) is 0. The lowest BCUT2D eigenvalue weighted by atomic mass is 9.97. The Balaban J connectivity index is 1.29. The van der Waals surface area contributed by atoms with Crippen molar-refractivity contribution >= 4 is 17.3 Å². The highest BCUT2D eigenvalue weighted by molar-refractivity contribution is 5.78. The van der Waals surface area contributed by atoms with Gasteiger partial charge in [0.25, 0.3) is 5.91 Å². The number of carbonyl (C=O) groups excluding carboxylic acids is 1. The van der Waals surface area contributed by atoms with Crippen molar-refractivity contribution in [3.63, 3.8) is 0 Å². The van der Waals surface area contributed by atoms with Crippen molar-refractivity contribution in [1.82, 2.24) is 4.90 Å². The van der Waals surface area contributed by atoms with Gasteiger partial charge in [0, 0.05) is 31.9 Å². The Bertz CT molecular complexity index is 1220. The number of rotatable bonds is 7. The molecule has 1 heterocycles. The molecule has 3 aromatic carbocycles. The quantitative estimate of drug-likeness (QED) is 0.418. The number of nitrogens with two attached hydrogens (primary N) is 1. The first-order chi connectivity index (χ1) is 17.7. The van der Waals surface area contributed by atoms with Crippen LogP contribution in [-0.2, 0) is 11.2 Å². The second-order valence-corrected chi connectivity index (χ2v) is 10.2. The summed E-state index contributed by atoms with van der Waals surface area (Å²) in [5.41, 5.74) is 14.7. The third-order valence-corrected chi connectivity index (χ3v) is 8.05. The van der Waals surface area contributed by atoms with Crippen molar-refractivity contribution in [2.24, 2.45) is 0 Å². The van der Waals surface area contributed by atoms with Crippen LogP contribution in [0.1, 0.15) is 46.2 Å². The minimum Gasteiger partial charge on any atom is -0.481 e. The number of nitrogen functional groups attached to an aromatic ring is 1. The Morgan fingerprint density at radius 3 is 2.05 bits per heavy atom. The monoisotopic (exact) mass is 503 g/mol. The van der Waals surface area contributed by atoms with E-state index in [1.165, 1.54) is 28.9 Å². The Kier molecular flexibility index (Phi) is 8.06. The third kappa shape index (κ3) is 5.90. The smallest absolute Gasteiger partial charge is 0.260 e. The number of hydrogen-bond donors (Lipinski definition) is 1. The fraction of sp³-hybridized carbons (Fsp3) is 0.387. The van der Waals surface area contributed by atoms with E-state index in [1.807, 2.05) is 37.9 Å². The Morgan fingerprint density at radius 2 is 1.46 bits per heavy atom. The summed E-state index contributed by atoms with van der Waals surface area (Å²) in [6.45, 7) is 9.87. The van der Waals surface area contributed by atoms with Crippen molar-refractivity contribution in [1.29, 1.82) is 0 Å². The van der Waals surface area contributed by atoms with Gasteiger partial charge in [0.05, 0.1) is 5.69 Å². The topological polar surface area (TPSA) is 58.8 Å². The molecule has 37 heavy (non-hydrogen) atoms. The molecule has 1 aliphatic heterocycles. The maximum absolute atomic E-state index is 13.1. The van der Waals surface area contributed by atoms with Crippen molar-refractivity contribution in [2.75, 3.05) is 37.4 Å². The minimum absolute atomic E-state index is 0.0147. The molecule has 0 bridgehead atoms. The second kappa shape index (κ2) is 11.2. The van der Waals surface area contributed by atoms with E-state index in [0.717, 1.165) is 54.6 Å². The predicted molar refractivity (Wildman–Crippen MR) is 149 cm³/mol. The molecule has 6 heteroatoms. The zero-order valence-electron chi connectivity index (χ0n) is 22.6. The summed E-state index contributed by atoms with van der Waals surface area (Å²) in [5.74, 6) is 0.386. The number of nitrogens with zero attached hydrogens (tertiary/aromatic N) is 2. The van der Waals surface area contributed by atoms with E-state index in [1.54, 1.807) is 0 Å². The molecule has 1 fully saturated rings. The molecule has 1 saturated heterocycles. The van der Waals surface area contributed by atoms with E-state index in [2.05, 4.69) is 43.0 Å². The van der Waals surface area contributed by atoms with Gasteiger partial charge < -0.3 is 20.3 Å². The molecule has 1 aliphatic rings. The summed E-state index contributed by atoms with van der Waals surface area (Å²) < 4.78 is 19.1. The average Bonchev–Trinajstić information content (AvgIpc) is 2.92. The van der Waals surface area contributed by atoms with Crippen LogP contribution < -0.4 is 15.4 Å². The van der Waals surface area contributed by atoms with Crippen molar-refractivity contribution in [3.05, 3.63) is 87.7 Å². The summed E-state index contributed by atoms with van der Waals surface area (Å²) in [6, 6.07) is 15.4. The van der Waals surface area contributed by atoms with Crippen LogP contribution in [0.2, 0.25) is 0 Å². The van der Waals surface area contributed by atoms with Gasteiger partial charge in [0.15, 0.2) is 6.61 Å². The number of anilines is 2. The molecule has 2 N–H and O–H groups in total. The van der Waals surface area contributed by atoms with Crippen LogP contribution in [0.25, 0.3) is 0 Å². The Hall–Kier alpha value is -3.54. The second-order valence-electron chi connectivity index (χ2n) is 10.2. The molecular formula is C31H38FN3O2. The van der Waals surface area contributed by atoms with E-state index in [0.29, 0.717) is 11.4 Å². The Morgan fingerprint density at radius 1 is 0.919 bits per heavy atom. The first-order valence-corrected chi connectivity index (χ1v) is 13.0. The first-order valence-electron chi connectivity index (χ1n) is 13.0. The number of piperidine rings is 1. The number of hydrogen-bond acceptors (Lipinski definition) is 4. The van der Waals surface area contributed by atoms with E-state index < -0.39 is 0 Å². The molecule has 0 saturated carbocycles. The van der Waals surface area contributed by atoms with Crippen LogP contribution in [0.4, 0.5) is 15.8 Å². The van der Waals surface area contributed by atoms with Crippen LogP contribution in [0, 0.1) is 33.5 Å². The van der Waals surface area contributed by atoms with Gasteiger partial charge in [-0.3, -0.25) is 4.79 Å². The van der Waals surface area contributed by atoms with Crippen molar-refractivity contribution < 1.29 is 13.9 Å². The maximum atomic E-state index is 13.1. The van der Waals surface area contributed by atoms with Gasteiger partial charge in [-0.1, -0.05) is 24.3 Å². The summed E-state index contributed by atoms with van der Waals surface area (Å²) >= 11 is 0. The SMILES string of the molecule is Cc1c(C)c(C)c(OCC(=O)N(C)C2CCN(c3ccc(Cc4ccc(F)cc4)cc3)CC2)c(N)c1C. The molecule has 4 rings (SSSR count). The van der Waals surface area contributed by atoms with Gasteiger partial charge in [-0.05, 0) is 105 Å². The molecule has 0 radical (unpaired) electrons. The number of amides is 1. The molecule has 1 amide bonds. The van der Waals surface area contributed by atoms with E-state index >= 15 is 0 Å². The zero-order valence-corrected chi connectivity index (χ0v) is 22.6. The fourth-order valence-electron chi connectivity index (χ4n) is 5.11.